The molecule has 2 aromatic rings. The standard InChI is InChI=1S/C25H32N2O3/c1-4-30-25(29)23(15-14-20-10-6-5-7-11-20)26-19(3)24(28)27-17-22-13-9-8-12-21(22)16-18(27)2/h5-13,18-19,23,26H,4,14-17H2,1-3H3/t18-,19+,23+/m1/s1. The lowest BCUT2D eigenvalue weighted by Gasteiger charge is -2.37. The Hall–Kier alpha value is -2.66. The Morgan fingerprint density at radius 3 is 2.47 bits per heavy atom. The summed E-state index contributed by atoms with van der Waals surface area (Å²) in [5.41, 5.74) is 3.66. The number of ether oxygens (including phenoxy) is 1. The minimum Gasteiger partial charge on any atom is -0.465 e. The highest BCUT2D eigenvalue weighted by atomic mass is 16.5. The third-order valence-electron chi connectivity index (χ3n) is 5.75. The number of esters is 1. The highest BCUT2D eigenvalue weighted by Gasteiger charge is 2.32. The molecule has 3 rings (SSSR count). The topological polar surface area (TPSA) is 58.6 Å². The van der Waals surface area contributed by atoms with Crippen molar-refractivity contribution >= 4 is 11.9 Å². The van der Waals surface area contributed by atoms with E-state index < -0.39 is 12.1 Å². The number of aryl methyl sites for hydroxylation is 1. The van der Waals surface area contributed by atoms with E-state index in [2.05, 4.69) is 24.4 Å². The van der Waals surface area contributed by atoms with Crippen LogP contribution in [0.5, 0.6) is 0 Å². The summed E-state index contributed by atoms with van der Waals surface area (Å²) in [7, 11) is 0. The minimum absolute atomic E-state index is 0.0195. The molecule has 0 aromatic heterocycles. The fraction of sp³-hybridized carbons (Fsp3) is 0.440. The number of rotatable bonds is 8. The van der Waals surface area contributed by atoms with E-state index in [1.165, 1.54) is 11.1 Å². The van der Waals surface area contributed by atoms with Gasteiger partial charge in [0, 0.05) is 12.6 Å². The maximum absolute atomic E-state index is 13.2. The normalized spacial score (nSPS) is 17.7. The van der Waals surface area contributed by atoms with Gasteiger partial charge in [-0.1, -0.05) is 54.6 Å². The molecule has 1 aliphatic heterocycles. The molecule has 160 valence electrons. The molecule has 0 spiro atoms. The van der Waals surface area contributed by atoms with Gasteiger partial charge in [0.05, 0.1) is 12.6 Å². The predicted molar refractivity (Wildman–Crippen MR) is 118 cm³/mol. The number of amides is 1. The smallest absolute Gasteiger partial charge is 0.323 e. The Kier molecular flexibility index (Phi) is 7.63. The number of nitrogens with zero attached hydrogens (tertiary/aromatic N) is 1. The molecule has 2 aromatic carbocycles. The van der Waals surface area contributed by atoms with E-state index in [0.29, 0.717) is 19.6 Å². The van der Waals surface area contributed by atoms with Gasteiger partial charge in [-0.05, 0) is 56.7 Å². The molecule has 0 saturated carbocycles. The molecule has 5 heteroatoms. The van der Waals surface area contributed by atoms with Gasteiger partial charge in [0.1, 0.15) is 6.04 Å². The van der Waals surface area contributed by atoms with E-state index in [4.69, 9.17) is 4.74 Å². The second-order valence-electron chi connectivity index (χ2n) is 8.01. The van der Waals surface area contributed by atoms with Crippen LogP contribution in [0.25, 0.3) is 0 Å². The van der Waals surface area contributed by atoms with E-state index in [1.54, 1.807) is 6.92 Å². The summed E-state index contributed by atoms with van der Waals surface area (Å²) in [5, 5.41) is 3.25. The molecule has 0 saturated heterocycles. The molecule has 1 heterocycles. The van der Waals surface area contributed by atoms with E-state index >= 15 is 0 Å². The summed E-state index contributed by atoms with van der Waals surface area (Å²) in [4.78, 5) is 27.7. The maximum atomic E-state index is 13.2. The van der Waals surface area contributed by atoms with Crippen LogP contribution < -0.4 is 5.32 Å². The number of carbonyl (C=O) groups is 2. The molecule has 3 atom stereocenters. The Labute approximate surface area is 179 Å². The first-order valence-electron chi connectivity index (χ1n) is 10.8. The van der Waals surface area contributed by atoms with E-state index in [0.717, 1.165) is 18.4 Å². The van der Waals surface area contributed by atoms with E-state index in [-0.39, 0.29) is 17.9 Å². The lowest BCUT2D eigenvalue weighted by atomic mass is 9.94. The van der Waals surface area contributed by atoms with Crippen LogP contribution in [0.3, 0.4) is 0 Å². The summed E-state index contributed by atoms with van der Waals surface area (Å²) in [6, 6.07) is 17.5. The molecule has 0 radical (unpaired) electrons. The molecule has 30 heavy (non-hydrogen) atoms. The first kappa shape index (κ1) is 22.0. The highest BCUT2D eigenvalue weighted by Crippen LogP contribution is 2.23. The quantitative estimate of drug-likeness (QED) is 0.679. The van der Waals surface area contributed by atoms with Gasteiger partial charge in [-0.3, -0.25) is 14.9 Å². The number of benzene rings is 2. The maximum Gasteiger partial charge on any atom is 0.323 e. The third-order valence-corrected chi connectivity index (χ3v) is 5.75. The second kappa shape index (κ2) is 10.4. The molecule has 1 N–H and O–H groups in total. The number of hydrogen-bond donors (Lipinski definition) is 1. The zero-order valence-corrected chi connectivity index (χ0v) is 18.1. The minimum atomic E-state index is -0.517. The number of nitrogens with one attached hydrogen (secondary N) is 1. The van der Waals surface area contributed by atoms with Crippen molar-refractivity contribution < 1.29 is 14.3 Å². The lowest BCUT2D eigenvalue weighted by Crippen LogP contribution is -2.54. The van der Waals surface area contributed by atoms with Gasteiger partial charge in [0.15, 0.2) is 0 Å². The Morgan fingerprint density at radius 1 is 1.10 bits per heavy atom. The van der Waals surface area contributed by atoms with Crippen molar-refractivity contribution in [3.05, 3.63) is 71.3 Å². The molecule has 1 amide bonds. The van der Waals surface area contributed by atoms with Crippen LogP contribution in [-0.2, 0) is 33.7 Å². The molecule has 1 aliphatic rings. The SMILES string of the molecule is CCOC(=O)[C@H](CCc1ccccc1)N[C@@H](C)C(=O)N1Cc2ccccc2C[C@H]1C. The molecular weight excluding hydrogens is 376 g/mol. The molecule has 0 aliphatic carbocycles. The Balaban J connectivity index is 1.65. The monoisotopic (exact) mass is 408 g/mol. The molecule has 5 nitrogen and oxygen atoms in total. The first-order valence-corrected chi connectivity index (χ1v) is 10.8. The average Bonchev–Trinajstić information content (AvgIpc) is 2.76. The summed E-state index contributed by atoms with van der Waals surface area (Å²) in [5.74, 6) is -0.281. The summed E-state index contributed by atoms with van der Waals surface area (Å²) < 4.78 is 5.26. The van der Waals surface area contributed by atoms with Gasteiger partial charge in [0.2, 0.25) is 5.91 Å². The molecule has 0 bridgehead atoms. The van der Waals surface area contributed by atoms with Crippen LogP contribution in [0.4, 0.5) is 0 Å². The van der Waals surface area contributed by atoms with Gasteiger partial charge >= 0.3 is 5.97 Å². The van der Waals surface area contributed by atoms with Crippen LogP contribution in [-0.4, -0.2) is 41.5 Å². The third kappa shape index (κ3) is 5.48. The second-order valence-corrected chi connectivity index (χ2v) is 8.01. The summed E-state index contributed by atoms with van der Waals surface area (Å²) in [6.45, 7) is 6.65. The van der Waals surface area contributed by atoms with Crippen LogP contribution in [0.15, 0.2) is 54.6 Å². The lowest BCUT2D eigenvalue weighted by molar-refractivity contribution is -0.146. The molecule has 0 unspecified atom stereocenters. The van der Waals surface area contributed by atoms with Crippen LogP contribution in [0.2, 0.25) is 0 Å². The zero-order valence-electron chi connectivity index (χ0n) is 18.1. The molecular formula is C25H32N2O3. The summed E-state index contributed by atoms with van der Waals surface area (Å²) in [6.07, 6.45) is 2.18. The summed E-state index contributed by atoms with van der Waals surface area (Å²) >= 11 is 0. The van der Waals surface area contributed by atoms with Crippen molar-refractivity contribution in [1.29, 1.82) is 0 Å². The number of carbonyl (C=O) groups excluding carboxylic acids is 2. The van der Waals surface area contributed by atoms with Crippen molar-refractivity contribution in [2.24, 2.45) is 0 Å². The highest BCUT2D eigenvalue weighted by molar-refractivity contribution is 5.83. The van der Waals surface area contributed by atoms with Gasteiger partial charge in [-0.2, -0.15) is 0 Å². The van der Waals surface area contributed by atoms with Gasteiger partial charge in [-0.25, -0.2) is 0 Å². The van der Waals surface area contributed by atoms with Crippen molar-refractivity contribution in [3.63, 3.8) is 0 Å². The largest absolute Gasteiger partial charge is 0.465 e. The average molecular weight is 409 g/mol. The Bertz CT molecular complexity index is 852. The fourth-order valence-corrected chi connectivity index (χ4v) is 4.06. The van der Waals surface area contributed by atoms with Crippen molar-refractivity contribution in [3.8, 4) is 0 Å². The number of fused-ring (bicyclic) bond motifs is 1. The van der Waals surface area contributed by atoms with E-state index in [1.807, 2.05) is 54.3 Å². The van der Waals surface area contributed by atoms with E-state index in [9.17, 15) is 9.59 Å². The van der Waals surface area contributed by atoms with Crippen molar-refractivity contribution in [2.45, 2.75) is 64.7 Å². The molecule has 0 fully saturated rings. The van der Waals surface area contributed by atoms with Crippen molar-refractivity contribution in [1.82, 2.24) is 10.2 Å². The van der Waals surface area contributed by atoms with Crippen molar-refractivity contribution in [2.75, 3.05) is 6.61 Å². The fourth-order valence-electron chi connectivity index (χ4n) is 4.06. The first-order chi connectivity index (χ1) is 14.5. The Morgan fingerprint density at radius 2 is 1.77 bits per heavy atom. The van der Waals surface area contributed by atoms with Crippen LogP contribution >= 0.6 is 0 Å². The van der Waals surface area contributed by atoms with Gasteiger partial charge in [-0.15, -0.1) is 0 Å². The van der Waals surface area contributed by atoms with Crippen LogP contribution in [0.1, 0.15) is 43.9 Å². The predicted octanol–water partition coefficient (Wildman–Crippen LogP) is 3.50. The van der Waals surface area contributed by atoms with Crippen LogP contribution in [0, 0.1) is 0 Å². The van der Waals surface area contributed by atoms with Gasteiger partial charge in [0.25, 0.3) is 0 Å². The van der Waals surface area contributed by atoms with Gasteiger partial charge < -0.3 is 9.64 Å². The zero-order chi connectivity index (χ0) is 21.5. The number of hydrogen-bond acceptors (Lipinski definition) is 4.